The van der Waals surface area contributed by atoms with Crippen LogP contribution in [0.25, 0.3) is 86.3 Å². The van der Waals surface area contributed by atoms with E-state index >= 15 is 0 Å². The molecule has 0 radical (unpaired) electrons. The monoisotopic (exact) mass is 838 g/mol. The Morgan fingerprint density at radius 1 is 0.360 bits per heavy atom. The molecule has 10 heteroatoms. The average molecular weight is 839 g/mol. The van der Waals surface area contributed by atoms with Crippen LogP contribution >= 0.6 is 113 Å². The van der Waals surface area contributed by atoms with E-state index in [1.807, 2.05) is 68.0 Å². The highest BCUT2D eigenvalue weighted by Gasteiger charge is 2.26. The predicted molar refractivity (Wildman–Crippen MR) is 245 cm³/mol. The zero-order valence-electron chi connectivity index (χ0n) is 28.3. The first kappa shape index (κ1) is 33.6. The van der Waals surface area contributed by atoms with E-state index in [2.05, 4.69) is 82.1 Å². The summed E-state index contributed by atoms with van der Waals surface area (Å²) in [5.41, 5.74) is 2.95. The van der Waals surface area contributed by atoms with Gasteiger partial charge in [-0.15, -0.1) is 113 Å². The highest BCUT2D eigenvalue weighted by molar-refractivity contribution is 7.58. The van der Waals surface area contributed by atoms with Crippen LogP contribution in [0.1, 0.15) is 101 Å². The van der Waals surface area contributed by atoms with E-state index in [0.717, 1.165) is 0 Å². The third kappa shape index (κ3) is 5.64. The number of fused-ring (bicyclic) bond motifs is 14. The SMILES string of the molecule is CCCCCCCCc1cc2c(s1)sc1sc3sc4scc(-c5csc6sc7sc8sc9sc(CCCCCCCC)cc9c8c7c56)c4c3c12. The second kappa shape index (κ2) is 14.1. The van der Waals surface area contributed by atoms with E-state index in [1.54, 1.807) is 31.3 Å². The Bertz CT molecular complexity index is 2570. The minimum absolute atomic E-state index is 1.24. The lowest BCUT2D eigenvalue weighted by Crippen LogP contribution is -1.82. The zero-order chi connectivity index (χ0) is 33.3. The maximum Gasteiger partial charge on any atom is 0.0908 e. The number of unbranched alkanes of at least 4 members (excludes halogenated alkanes) is 10. The van der Waals surface area contributed by atoms with E-state index < -0.39 is 0 Å². The molecule has 0 saturated heterocycles. The van der Waals surface area contributed by atoms with Crippen molar-refractivity contribution >= 4 is 189 Å². The van der Waals surface area contributed by atoms with E-state index in [0.29, 0.717) is 0 Å². The fraction of sp³-hybridized carbons (Fsp3) is 0.400. The van der Waals surface area contributed by atoms with E-state index in [-0.39, 0.29) is 0 Å². The van der Waals surface area contributed by atoms with Gasteiger partial charge in [0.1, 0.15) is 0 Å². The molecule has 0 bridgehead atoms. The Labute approximate surface area is 332 Å². The van der Waals surface area contributed by atoms with Crippen molar-refractivity contribution in [2.45, 2.75) is 104 Å². The highest BCUT2D eigenvalue weighted by atomic mass is 32.2. The van der Waals surface area contributed by atoms with Crippen LogP contribution < -0.4 is 0 Å². The van der Waals surface area contributed by atoms with Crippen LogP contribution in [0.4, 0.5) is 0 Å². The highest BCUT2D eigenvalue weighted by Crippen LogP contribution is 2.58. The van der Waals surface area contributed by atoms with Crippen molar-refractivity contribution in [3.8, 4) is 11.1 Å². The van der Waals surface area contributed by atoms with Gasteiger partial charge in [-0.05, 0) is 37.8 Å². The van der Waals surface area contributed by atoms with Crippen molar-refractivity contribution in [2.24, 2.45) is 0 Å². The third-order valence-electron chi connectivity index (χ3n) is 10.3. The smallest absolute Gasteiger partial charge is 0.0908 e. The standard InChI is InChI=1S/C40H38S10/c1-3-5-7-9-11-13-15-21-17-23-27-31-29-25(19-41-35(29)47-39(31)49-37(27)45-33(23)43-21)26-20-42-36-30(26)32-28-24-18-22(16-14-12-10-8-6-4-2)44-34(24)46-38(28)50-40(32)48-36/h17-20H,3-16H2,1-2H3. The zero-order valence-corrected chi connectivity index (χ0v) is 36.5. The number of rotatable bonds is 15. The van der Waals surface area contributed by atoms with Gasteiger partial charge in [0.25, 0.3) is 0 Å². The normalized spacial score (nSPS) is 12.9. The minimum atomic E-state index is 1.24. The Hall–Kier alpha value is -0.920. The van der Waals surface area contributed by atoms with Gasteiger partial charge in [0.15, 0.2) is 0 Å². The Morgan fingerprint density at radius 2 is 0.740 bits per heavy atom. The van der Waals surface area contributed by atoms with Crippen molar-refractivity contribution in [1.29, 1.82) is 0 Å². The molecule has 0 aromatic carbocycles. The number of thiophene rings is 10. The largest absolute Gasteiger partial charge is 0.132 e. The van der Waals surface area contributed by atoms with Crippen molar-refractivity contribution in [3.05, 3.63) is 32.6 Å². The van der Waals surface area contributed by atoms with Crippen LogP contribution in [0.2, 0.25) is 0 Å². The first-order valence-electron chi connectivity index (χ1n) is 18.2. The molecule has 0 nitrogen and oxygen atoms in total. The van der Waals surface area contributed by atoms with Crippen LogP contribution in [0.5, 0.6) is 0 Å². The van der Waals surface area contributed by atoms with Gasteiger partial charge in [0.05, 0.1) is 32.1 Å². The summed E-state index contributed by atoms with van der Waals surface area (Å²) in [4.78, 5) is 3.18. The topological polar surface area (TPSA) is 0 Å². The Kier molecular flexibility index (Phi) is 9.45. The molecular formula is C40H38S10. The first-order chi connectivity index (χ1) is 24.7. The molecule has 0 amide bonds. The van der Waals surface area contributed by atoms with Gasteiger partial charge in [0.2, 0.25) is 0 Å². The van der Waals surface area contributed by atoms with Gasteiger partial charge >= 0.3 is 0 Å². The molecule has 0 aliphatic rings. The van der Waals surface area contributed by atoms with Crippen molar-refractivity contribution in [1.82, 2.24) is 0 Å². The lowest BCUT2D eigenvalue weighted by Gasteiger charge is -1.99. The summed E-state index contributed by atoms with van der Waals surface area (Å²) < 4.78 is 12.2. The summed E-state index contributed by atoms with van der Waals surface area (Å²) in [6.07, 6.45) is 18.9. The molecule has 0 atom stereocenters. The van der Waals surface area contributed by atoms with Gasteiger partial charge in [-0.25, -0.2) is 0 Å². The molecule has 0 fully saturated rings. The summed E-state index contributed by atoms with van der Waals surface area (Å²) in [5.74, 6) is 0. The molecule has 10 heterocycles. The Morgan fingerprint density at radius 3 is 1.20 bits per heavy atom. The first-order valence-corrected chi connectivity index (χ1v) is 26.5. The summed E-state index contributed by atoms with van der Waals surface area (Å²) in [7, 11) is 0. The summed E-state index contributed by atoms with van der Waals surface area (Å²) in [5, 5.41) is 17.3. The van der Waals surface area contributed by atoms with Gasteiger partial charge in [-0.1, -0.05) is 78.1 Å². The molecule has 0 aliphatic carbocycles. The summed E-state index contributed by atoms with van der Waals surface area (Å²) >= 11 is 20.4. The molecule has 50 heavy (non-hydrogen) atoms. The maximum absolute atomic E-state index is 2.57. The molecule has 10 aromatic rings. The maximum atomic E-state index is 2.57. The number of hydrogen-bond acceptors (Lipinski definition) is 10. The van der Waals surface area contributed by atoms with E-state index in [4.69, 9.17) is 0 Å². The van der Waals surface area contributed by atoms with Gasteiger partial charge in [-0.2, -0.15) is 0 Å². The third-order valence-corrected chi connectivity index (χ3v) is 22.6. The van der Waals surface area contributed by atoms with Gasteiger partial charge in [-0.3, -0.25) is 0 Å². The van der Waals surface area contributed by atoms with Gasteiger partial charge < -0.3 is 0 Å². The van der Waals surface area contributed by atoms with Crippen LogP contribution in [-0.4, -0.2) is 0 Å². The molecule has 0 saturated carbocycles. The van der Waals surface area contributed by atoms with Crippen molar-refractivity contribution < 1.29 is 0 Å². The van der Waals surface area contributed by atoms with Crippen LogP contribution in [0.3, 0.4) is 0 Å². The summed E-state index contributed by atoms with van der Waals surface area (Å²) in [6.45, 7) is 4.62. The molecule has 0 unspecified atom stereocenters. The fourth-order valence-electron chi connectivity index (χ4n) is 7.80. The lowest BCUT2D eigenvalue weighted by atomic mass is 10.0. The van der Waals surface area contributed by atoms with Crippen molar-refractivity contribution in [2.75, 3.05) is 0 Å². The average Bonchev–Trinajstić information content (AvgIpc) is 3.93. The molecule has 0 N–H and O–H groups in total. The second-order valence-electron chi connectivity index (χ2n) is 13.7. The molecular weight excluding hydrogens is 801 g/mol. The lowest BCUT2D eigenvalue weighted by molar-refractivity contribution is 0.609. The summed E-state index contributed by atoms with van der Waals surface area (Å²) in [6, 6.07) is 5.15. The molecule has 258 valence electrons. The Balaban J connectivity index is 1.04. The molecule has 10 rings (SSSR count). The van der Waals surface area contributed by atoms with E-state index in [1.165, 1.54) is 155 Å². The minimum Gasteiger partial charge on any atom is -0.132 e. The molecule has 0 aliphatic heterocycles. The van der Waals surface area contributed by atoms with Crippen LogP contribution in [0, 0.1) is 0 Å². The fourth-order valence-corrected chi connectivity index (χ4v) is 22.2. The predicted octanol–water partition coefficient (Wildman–Crippen LogP) is 19.0. The number of hydrogen-bond donors (Lipinski definition) is 0. The number of aryl methyl sites for hydroxylation is 2. The van der Waals surface area contributed by atoms with E-state index in [9.17, 15) is 0 Å². The van der Waals surface area contributed by atoms with Crippen LogP contribution in [-0.2, 0) is 12.8 Å². The quantitative estimate of drug-likeness (QED) is 0.0902. The second-order valence-corrected chi connectivity index (χ2v) is 26.0. The van der Waals surface area contributed by atoms with Crippen LogP contribution in [0.15, 0.2) is 22.9 Å². The van der Waals surface area contributed by atoms with Crippen molar-refractivity contribution in [3.63, 3.8) is 0 Å². The van der Waals surface area contributed by atoms with Gasteiger partial charge in [0, 0.05) is 74.7 Å². The molecule has 0 spiro atoms. The molecule has 10 aromatic heterocycles.